The molecule has 0 unspecified atom stereocenters. The Hall–Kier alpha value is -1.22. The number of aryl methyl sites for hydroxylation is 1. The van der Waals surface area contributed by atoms with E-state index in [4.69, 9.17) is 4.42 Å². The molecular formula is C13H14BrNO. The SMILES string of the molecule is CCc1cc(Br)ccc1NCc1ccoc1. The van der Waals surface area contributed by atoms with E-state index in [0.29, 0.717) is 0 Å². The molecule has 84 valence electrons. The number of hydrogen-bond acceptors (Lipinski definition) is 2. The molecule has 2 rings (SSSR count). The summed E-state index contributed by atoms with van der Waals surface area (Å²) in [5.41, 5.74) is 3.66. The molecule has 0 spiro atoms. The summed E-state index contributed by atoms with van der Waals surface area (Å²) in [5.74, 6) is 0. The first-order valence-corrected chi connectivity index (χ1v) is 6.12. The molecule has 1 heterocycles. The second-order valence-electron chi connectivity index (χ2n) is 3.64. The van der Waals surface area contributed by atoms with Crippen molar-refractivity contribution in [3.63, 3.8) is 0 Å². The first-order chi connectivity index (χ1) is 7.79. The lowest BCUT2D eigenvalue weighted by atomic mass is 10.1. The minimum atomic E-state index is 0.797. The van der Waals surface area contributed by atoms with Crippen LogP contribution in [0.5, 0.6) is 0 Å². The van der Waals surface area contributed by atoms with Crippen LogP contribution in [0.3, 0.4) is 0 Å². The Balaban J connectivity index is 2.09. The van der Waals surface area contributed by atoms with Crippen LogP contribution >= 0.6 is 15.9 Å². The number of anilines is 1. The summed E-state index contributed by atoms with van der Waals surface area (Å²) in [6, 6.07) is 8.27. The van der Waals surface area contributed by atoms with Crippen LogP contribution in [-0.2, 0) is 13.0 Å². The van der Waals surface area contributed by atoms with Crippen molar-refractivity contribution in [2.24, 2.45) is 0 Å². The summed E-state index contributed by atoms with van der Waals surface area (Å²) in [4.78, 5) is 0. The monoisotopic (exact) mass is 279 g/mol. The fraction of sp³-hybridized carbons (Fsp3) is 0.231. The highest BCUT2D eigenvalue weighted by Gasteiger charge is 2.01. The molecule has 3 heteroatoms. The molecule has 0 atom stereocenters. The molecule has 2 aromatic rings. The average molecular weight is 280 g/mol. The summed E-state index contributed by atoms with van der Waals surface area (Å²) in [7, 11) is 0. The van der Waals surface area contributed by atoms with Crippen LogP contribution in [0.25, 0.3) is 0 Å². The fourth-order valence-electron chi connectivity index (χ4n) is 1.62. The van der Waals surface area contributed by atoms with Crippen molar-refractivity contribution in [2.45, 2.75) is 19.9 Å². The number of furan rings is 1. The summed E-state index contributed by atoms with van der Waals surface area (Å²) < 4.78 is 6.15. The van der Waals surface area contributed by atoms with Crippen LogP contribution in [0.1, 0.15) is 18.1 Å². The van der Waals surface area contributed by atoms with E-state index in [1.165, 1.54) is 11.3 Å². The van der Waals surface area contributed by atoms with Crippen molar-refractivity contribution in [3.8, 4) is 0 Å². The van der Waals surface area contributed by atoms with Gasteiger partial charge in [-0.1, -0.05) is 22.9 Å². The first-order valence-electron chi connectivity index (χ1n) is 5.33. The van der Waals surface area contributed by atoms with Crippen LogP contribution in [0.2, 0.25) is 0 Å². The lowest BCUT2D eigenvalue weighted by molar-refractivity contribution is 0.564. The zero-order valence-electron chi connectivity index (χ0n) is 9.16. The number of benzene rings is 1. The Morgan fingerprint density at radius 2 is 2.19 bits per heavy atom. The molecule has 0 aliphatic rings. The van der Waals surface area contributed by atoms with E-state index in [9.17, 15) is 0 Å². The van der Waals surface area contributed by atoms with E-state index in [2.05, 4.69) is 46.4 Å². The van der Waals surface area contributed by atoms with Gasteiger partial charge in [-0.15, -0.1) is 0 Å². The van der Waals surface area contributed by atoms with Gasteiger partial charge in [-0.3, -0.25) is 0 Å². The standard InChI is InChI=1S/C13H14BrNO/c1-2-11-7-12(14)3-4-13(11)15-8-10-5-6-16-9-10/h3-7,9,15H,2,8H2,1H3. The second-order valence-corrected chi connectivity index (χ2v) is 4.56. The van der Waals surface area contributed by atoms with E-state index in [1.807, 2.05) is 6.07 Å². The van der Waals surface area contributed by atoms with Crippen molar-refractivity contribution in [3.05, 3.63) is 52.4 Å². The van der Waals surface area contributed by atoms with Crippen molar-refractivity contribution >= 4 is 21.6 Å². The predicted molar refractivity (Wildman–Crippen MR) is 69.6 cm³/mol. The minimum Gasteiger partial charge on any atom is -0.472 e. The molecule has 16 heavy (non-hydrogen) atoms. The van der Waals surface area contributed by atoms with Crippen LogP contribution in [0, 0.1) is 0 Å². The van der Waals surface area contributed by atoms with Crippen molar-refractivity contribution < 1.29 is 4.42 Å². The molecule has 0 aliphatic heterocycles. The number of rotatable bonds is 4. The molecule has 1 aromatic heterocycles. The molecule has 2 nitrogen and oxygen atoms in total. The Bertz CT molecular complexity index is 451. The fourth-order valence-corrected chi connectivity index (χ4v) is 2.03. The van der Waals surface area contributed by atoms with Gasteiger partial charge in [0.2, 0.25) is 0 Å². The average Bonchev–Trinajstić information content (AvgIpc) is 2.80. The number of nitrogens with one attached hydrogen (secondary N) is 1. The third kappa shape index (κ3) is 2.67. The molecule has 0 radical (unpaired) electrons. The highest BCUT2D eigenvalue weighted by Crippen LogP contribution is 2.22. The van der Waals surface area contributed by atoms with Crippen LogP contribution in [0.15, 0.2) is 45.7 Å². The lowest BCUT2D eigenvalue weighted by Gasteiger charge is -2.10. The van der Waals surface area contributed by atoms with Crippen molar-refractivity contribution in [1.82, 2.24) is 0 Å². The van der Waals surface area contributed by atoms with E-state index in [1.54, 1.807) is 12.5 Å². The van der Waals surface area contributed by atoms with E-state index in [-0.39, 0.29) is 0 Å². The largest absolute Gasteiger partial charge is 0.472 e. The summed E-state index contributed by atoms with van der Waals surface area (Å²) >= 11 is 3.48. The van der Waals surface area contributed by atoms with Gasteiger partial charge in [-0.25, -0.2) is 0 Å². The van der Waals surface area contributed by atoms with E-state index in [0.717, 1.165) is 23.0 Å². The quantitative estimate of drug-likeness (QED) is 0.907. The van der Waals surface area contributed by atoms with Crippen LogP contribution in [0.4, 0.5) is 5.69 Å². The second kappa shape index (κ2) is 5.21. The highest BCUT2D eigenvalue weighted by molar-refractivity contribution is 9.10. The summed E-state index contributed by atoms with van der Waals surface area (Å²) in [6.45, 7) is 2.95. The predicted octanol–water partition coefficient (Wildman–Crippen LogP) is 4.22. The molecule has 0 saturated heterocycles. The van der Waals surface area contributed by atoms with Crippen LogP contribution in [-0.4, -0.2) is 0 Å². The van der Waals surface area contributed by atoms with Crippen molar-refractivity contribution in [2.75, 3.05) is 5.32 Å². The Kier molecular flexibility index (Phi) is 3.67. The van der Waals surface area contributed by atoms with E-state index < -0.39 is 0 Å². The molecule has 0 amide bonds. The van der Waals surface area contributed by atoms with Gasteiger partial charge >= 0.3 is 0 Å². The van der Waals surface area contributed by atoms with Crippen LogP contribution < -0.4 is 5.32 Å². The molecule has 1 aromatic carbocycles. The number of hydrogen-bond donors (Lipinski definition) is 1. The maximum atomic E-state index is 5.03. The Labute approximate surface area is 104 Å². The first kappa shape index (κ1) is 11.3. The normalized spacial score (nSPS) is 10.4. The zero-order valence-corrected chi connectivity index (χ0v) is 10.8. The Morgan fingerprint density at radius 1 is 1.31 bits per heavy atom. The molecule has 0 fully saturated rings. The minimum absolute atomic E-state index is 0.797. The van der Waals surface area contributed by atoms with Gasteiger partial charge in [0.1, 0.15) is 0 Å². The maximum Gasteiger partial charge on any atom is 0.0952 e. The zero-order chi connectivity index (χ0) is 11.4. The van der Waals surface area contributed by atoms with Gasteiger partial charge in [0.25, 0.3) is 0 Å². The van der Waals surface area contributed by atoms with Gasteiger partial charge in [-0.2, -0.15) is 0 Å². The molecular weight excluding hydrogens is 266 g/mol. The topological polar surface area (TPSA) is 25.2 Å². The molecule has 0 aliphatic carbocycles. The third-order valence-electron chi connectivity index (χ3n) is 2.51. The summed E-state index contributed by atoms with van der Waals surface area (Å²) in [6.07, 6.45) is 4.48. The highest BCUT2D eigenvalue weighted by atomic mass is 79.9. The van der Waals surface area contributed by atoms with E-state index >= 15 is 0 Å². The van der Waals surface area contributed by atoms with Gasteiger partial charge in [0.15, 0.2) is 0 Å². The summed E-state index contributed by atoms with van der Waals surface area (Å²) in [5, 5.41) is 3.41. The van der Waals surface area contributed by atoms with Gasteiger partial charge < -0.3 is 9.73 Å². The van der Waals surface area contributed by atoms with Gasteiger partial charge in [0, 0.05) is 22.3 Å². The van der Waals surface area contributed by atoms with Gasteiger partial charge in [-0.05, 0) is 36.2 Å². The Morgan fingerprint density at radius 3 is 2.88 bits per heavy atom. The molecule has 0 bridgehead atoms. The molecule has 1 N–H and O–H groups in total. The maximum absolute atomic E-state index is 5.03. The lowest BCUT2D eigenvalue weighted by Crippen LogP contribution is -2.01. The smallest absolute Gasteiger partial charge is 0.0952 e. The van der Waals surface area contributed by atoms with Crippen molar-refractivity contribution in [1.29, 1.82) is 0 Å². The van der Waals surface area contributed by atoms with Gasteiger partial charge in [0.05, 0.1) is 12.5 Å². The molecule has 0 saturated carbocycles. The third-order valence-corrected chi connectivity index (χ3v) is 3.00. The number of halogens is 1.